The number of halogens is 1. The summed E-state index contributed by atoms with van der Waals surface area (Å²) in [6, 6.07) is 7.77. The number of benzene rings is 1. The summed E-state index contributed by atoms with van der Waals surface area (Å²) in [6.45, 7) is 5.57. The van der Waals surface area contributed by atoms with E-state index in [4.69, 9.17) is 14.5 Å². The van der Waals surface area contributed by atoms with E-state index in [0.29, 0.717) is 5.75 Å². The van der Waals surface area contributed by atoms with Crippen LogP contribution in [0.1, 0.15) is 20.8 Å². The van der Waals surface area contributed by atoms with Gasteiger partial charge in [0.2, 0.25) is 0 Å². The van der Waals surface area contributed by atoms with Crippen LogP contribution in [0.4, 0.5) is 4.79 Å². The number of carbonyl (C=O) groups excluding carboxylic acids is 1. The summed E-state index contributed by atoms with van der Waals surface area (Å²) in [7, 11) is 5.08. The predicted molar refractivity (Wildman–Crippen MR) is 140 cm³/mol. The van der Waals surface area contributed by atoms with E-state index in [1.807, 2.05) is 69.3 Å². The Kier molecular flexibility index (Phi) is 5.31. The van der Waals surface area contributed by atoms with Crippen molar-refractivity contribution in [2.24, 2.45) is 7.05 Å². The lowest BCUT2D eigenvalue weighted by Crippen LogP contribution is -2.26. The minimum absolute atomic E-state index is 0.430. The summed E-state index contributed by atoms with van der Waals surface area (Å²) >= 11 is 2.25. The number of nitrogens with zero attached hydrogens (tertiary/aromatic N) is 5. The van der Waals surface area contributed by atoms with Gasteiger partial charge in [0.05, 0.1) is 30.0 Å². The smallest absolute Gasteiger partial charge is 0.419 e. The van der Waals surface area contributed by atoms with Gasteiger partial charge >= 0.3 is 6.09 Å². The summed E-state index contributed by atoms with van der Waals surface area (Å²) in [5, 5.41) is 7.25. The summed E-state index contributed by atoms with van der Waals surface area (Å²) in [4.78, 5) is 17.8. The highest BCUT2D eigenvalue weighted by molar-refractivity contribution is 14.2. The van der Waals surface area contributed by atoms with Crippen molar-refractivity contribution in [2.75, 3.05) is 7.11 Å². The minimum atomic E-state index is -0.609. The summed E-state index contributed by atoms with van der Waals surface area (Å²) < 4.78 is 16.6. The molecule has 0 N–H and O–H groups in total. The van der Waals surface area contributed by atoms with Crippen LogP contribution in [0.3, 0.4) is 0 Å². The first-order valence-corrected chi connectivity index (χ1v) is 13.6. The molecule has 4 heterocycles. The lowest BCUT2D eigenvalue weighted by Gasteiger charge is -2.19. The maximum atomic E-state index is 13.1. The quantitative estimate of drug-likeness (QED) is 0.239. The maximum absolute atomic E-state index is 13.1. The topological polar surface area (TPSA) is 76.1 Å². The third-order valence-corrected chi connectivity index (χ3v) is 7.12. The highest BCUT2D eigenvalue weighted by Crippen LogP contribution is 2.40. The molecule has 0 aliphatic carbocycles. The highest BCUT2D eigenvalue weighted by Gasteiger charge is 2.24. The lowest BCUT2D eigenvalue weighted by molar-refractivity contribution is 0.0544. The molecule has 0 spiro atoms. The molecule has 5 aromatic rings. The van der Waals surface area contributed by atoms with E-state index in [9.17, 15) is 4.79 Å². The SMILES string of the molecule is COc1ccc2c(c1)c(-c1cc3c4c(cnc3n1SI)cnn4C)cn2C(=O)OC(C)(C)C. The van der Waals surface area contributed by atoms with Crippen LogP contribution in [-0.4, -0.2) is 42.1 Å². The second kappa shape index (κ2) is 7.94. The van der Waals surface area contributed by atoms with Crippen molar-refractivity contribution in [3.05, 3.63) is 42.9 Å². The molecule has 0 aliphatic heterocycles. The number of aryl methyl sites for hydroxylation is 1. The van der Waals surface area contributed by atoms with Gasteiger partial charge in [-0.2, -0.15) is 5.10 Å². The number of fused-ring (bicyclic) bond motifs is 4. The predicted octanol–water partition coefficient (Wildman–Crippen LogP) is 6.18. The molecule has 0 atom stereocenters. The first-order chi connectivity index (χ1) is 15.7. The van der Waals surface area contributed by atoms with Gasteiger partial charge < -0.3 is 9.47 Å². The molecule has 10 heteroatoms. The Morgan fingerprint density at radius 2 is 1.94 bits per heavy atom. The van der Waals surface area contributed by atoms with Crippen LogP contribution < -0.4 is 4.74 Å². The first kappa shape index (κ1) is 22.1. The molecule has 0 radical (unpaired) electrons. The number of hydrogen-bond acceptors (Lipinski definition) is 6. The molecule has 0 saturated carbocycles. The number of aromatic nitrogens is 5. The monoisotopic (exact) mass is 575 g/mol. The van der Waals surface area contributed by atoms with Gasteiger partial charge in [0.25, 0.3) is 0 Å². The molecule has 5 rings (SSSR count). The van der Waals surface area contributed by atoms with Crippen LogP contribution in [0.15, 0.2) is 42.9 Å². The lowest BCUT2D eigenvalue weighted by atomic mass is 10.1. The Morgan fingerprint density at radius 3 is 2.64 bits per heavy atom. The van der Waals surface area contributed by atoms with Gasteiger partial charge in [-0.25, -0.2) is 9.78 Å². The van der Waals surface area contributed by atoms with Crippen LogP contribution in [0.2, 0.25) is 0 Å². The molecule has 0 saturated heterocycles. The number of pyridine rings is 1. The van der Waals surface area contributed by atoms with Crippen molar-refractivity contribution >= 4 is 69.3 Å². The van der Waals surface area contributed by atoms with Gasteiger partial charge in [-0.3, -0.25) is 13.2 Å². The Bertz CT molecular complexity index is 1540. The Labute approximate surface area is 206 Å². The molecule has 0 unspecified atom stereocenters. The summed E-state index contributed by atoms with van der Waals surface area (Å²) in [5.74, 6) is 0.711. The van der Waals surface area contributed by atoms with Crippen LogP contribution in [0, 0.1) is 0 Å². The van der Waals surface area contributed by atoms with Crippen molar-refractivity contribution in [3.63, 3.8) is 0 Å². The molecular formula is C23H22IN5O3S. The zero-order valence-corrected chi connectivity index (χ0v) is 21.8. The van der Waals surface area contributed by atoms with Crippen LogP contribution in [0.25, 0.3) is 44.1 Å². The molecule has 1 aromatic carbocycles. The molecule has 170 valence electrons. The number of rotatable bonds is 3. The van der Waals surface area contributed by atoms with E-state index in [2.05, 4.69) is 36.3 Å². The van der Waals surface area contributed by atoms with E-state index in [1.165, 1.54) is 9.12 Å². The Morgan fingerprint density at radius 1 is 1.15 bits per heavy atom. The van der Waals surface area contributed by atoms with Crippen molar-refractivity contribution in [3.8, 4) is 17.0 Å². The Hall–Kier alpha value is -2.73. The second-order valence-electron chi connectivity index (χ2n) is 8.74. The van der Waals surface area contributed by atoms with E-state index >= 15 is 0 Å². The molecule has 0 aliphatic rings. The van der Waals surface area contributed by atoms with Gasteiger partial charge in [0, 0.05) is 71.5 Å². The number of hydrogen-bond donors (Lipinski definition) is 0. The van der Waals surface area contributed by atoms with Crippen molar-refractivity contribution in [2.45, 2.75) is 26.4 Å². The van der Waals surface area contributed by atoms with Gasteiger partial charge in [-0.05, 0) is 45.0 Å². The van der Waals surface area contributed by atoms with Gasteiger partial charge in [0.15, 0.2) is 5.65 Å². The number of methoxy groups -OCH3 is 1. The van der Waals surface area contributed by atoms with E-state index < -0.39 is 11.7 Å². The van der Waals surface area contributed by atoms with Crippen LogP contribution in [0.5, 0.6) is 5.75 Å². The zero-order chi connectivity index (χ0) is 23.5. The fraction of sp³-hybridized carbons (Fsp3) is 0.261. The van der Waals surface area contributed by atoms with E-state index in [1.54, 1.807) is 11.7 Å². The van der Waals surface area contributed by atoms with Crippen molar-refractivity contribution in [1.29, 1.82) is 0 Å². The number of carbonyl (C=O) groups is 1. The standard InChI is InChI=1S/C23H22IN5O3S/c1-23(2,3)32-22(30)28-12-17(15-8-14(31-5)6-7-18(15)28)19-9-16-20-13(11-26-27(20)4)10-25-21(16)29(19)33-24/h6-12H,1-5H3. The molecular weight excluding hydrogens is 553 g/mol. The summed E-state index contributed by atoms with van der Waals surface area (Å²) in [5.41, 5.74) is 3.79. The fourth-order valence-corrected chi connectivity index (χ4v) is 5.68. The average Bonchev–Trinajstić information content (AvgIpc) is 3.44. The number of ether oxygens (including phenoxy) is 2. The van der Waals surface area contributed by atoms with E-state index in [0.717, 1.165) is 44.1 Å². The van der Waals surface area contributed by atoms with Crippen LogP contribution in [-0.2, 0) is 11.8 Å². The molecule has 8 nitrogen and oxygen atoms in total. The highest BCUT2D eigenvalue weighted by atomic mass is 127. The van der Waals surface area contributed by atoms with Crippen molar-refractivity contribution in [1.82, 2.24) is 23.3 Å². The normalized spacial score (nSPS) is 12.2. The maximum Gasteiger partial charge on any atom is 0.419 e. The molecule has 4 aromatic heterocycles. The van der Waals surface area contributed by atoms with Gasteiger partial charge in [-0.1, -0.05) is 0 Å². The minimum Gasteiger partial charge on any atom is -0.497 e. The zero-order valence-electron chi connectivity index (χ0n) is 18.8. The molecule has 0 bridgehead atoms. The third kappa shape index (κ3) is 3.65. The average molecular weight is 575 g/mol. The molecule has 0 fully saturated rings. The van der Waals surface area contributed by atoms with Gasteiger partial charge in [-0.15, -0.1) is 0 Å². The third-order valence-electron chi connectivity index (χ3n) is 5.43. The van der Waals surface area contributed by atoms with Crippen molar-refractivity contribution < 1.29 is 14.3 Å². The Balaban J connectivity index is 1.81. The second-order valence-corrected chi connectivity index (χ2v) is 10.4. The largest absolute Gasteiger partial charge is 0.497 e. The molecule has 33 heavy (non-hydrogen) atoms. The first-order valence-electron chi connectivity index (χ1n) is 10.3. The van der Waals surface area contributed by atoms with Gasteiger partial charge in [0.1, 0.15) is 11.4 Å². The van der Waals surface area contributed by atoms with Crippen LogP contribution >= 0.6 is 30.3 Å². The summed E-state index contributed by atoms with van der Waals surface area (Å²) in [6.07, 6.45) is 5.05. The fourth-order valence-electron chi connectivity index (χ4n) is 4.05. The van der Waals surface area contributed by atoms with E-state index in [-0.39, 0.29) is 0 Å². The molecule has 0 amide bonds.